The zero-order valence-electron chi connectivity index (χ0n) is 18.9. The maximum Gasteiger partial charge on any atom is 0.258 e. The molecule has 1 amide bonds. The molecule has 0 saturated carbocycles. The van der Waals surface area contributed by atoms with Gasteiger partial charge in [-0.05, 0) is 49.4 Å². The van der Waals surface area contributed by atoms with Crippen LogP contribution in [-0.4, -0.2) is 59.2 Å². The lowest BCUT2D eigenvalue weighted by Gasteiger charge is -2.09. The van der Waals surface area contributed by atoms with Crippen LogP contribution >= 0.6 is 0 Å². The zero-order chi connectivity index (χ0) is 23.8. The predicted molar refractivity (Wildman–Crippen MR) is 124 cm³/mol. The summed E-state index contributed by atoms with van der Waals surface area (Å²) in [6.45, 7) is 2.96. The molecule has 0 aliphatic heterocycles. The van der Waals surface area contributed by atoms with E-state index in [0.717, 1.165) is 11.3 Å². The number of rotatable bonds is 11. The molecule has 0 radical (unpaired) electrons. The molecule has 10 nitrogen and oxygen atoms in total. The van der Waals surface area contributed by atoms with Gasteiger partial charge >= 0.3 is 0 Å². The van der Waals surface area contributed by atoms with E-state index in [9.17, 15) is 4.79 Å². The van der Waals surface area contributed by atoms with Crippen molar-refractivity contribution in [2.24, 2.45) is 0 Å². The Morgan fingerprint density at radius 2 is 1.74 bits per heavy atom. The van der Waals surface area contributed by atoms with E-state index in [1.165, 1.54) is 0 Å². The van der Waals surface area contributed by atoms with Crippen LogP contribution in [0, 0.1) is 0 Å². The Kier molecular flexibility index (Phi) is 7.39. The van der Waals surface area contributed by atoms with Crippen molar-refractivity contribution < 1.29 is 23.7 Å². The Hall–Kier alpha value is -4.34. The number of methoxy groups -OCH3 is 1. The second kappa shape index (κ2) is 11.0. The molecule has 0 spiro atoms. The highest BCUT2D eigenvalue weighted by Gasteiger charge is 2.11. The minimum atomic E-state index is -0.250. The second-order valence-corrected chi connectivity index (χ2v) is 7.09. The van der Waals surface area contributed by atoms with E-state index in [1.54, 1.807) is 48.0 Å². The molecule has 10 heteroatoms. The predicted octanol–water partition coefficient (Wildman–Crippen LogP) is 2.77. The number of carbonyl (C=O) groups is 1. The smallest absolute Gasteiger partial charge is 0.258 e. The molecule has 2 heterocycles. The first-order valence-electron chi connectivity index (χ1n) is 10.8. The molecule has 0 aliphatic carbocycles. The normalized spacial score (nSPS) is 10.6. The van der Waals surface area contributed by atoms with Crippen LogP contribution < -0.4 is 24.3 Å². The zero-order valence-corrected chi connectivity index (χ0v) is 18.9. The first-order valence-corrected chi connectivity index (χ1v) is 10.8. The Balaban J connectivity index is 1.27. The molecule has 0 fully saturated rings. The number of nitrogens with one attached hydrogen (secondary N) is 1. The third-order valence-electron chi connectivity index (χ3n) is 4.75. The summed E-state index contributed by atoms with van der Waals surface area (Å²) >= 11 is 0. The number of ether oxygens (including phenoxy) is 4. The number of benzene rings is 2. The summed E-state index contributed by atoms with van der Waals surface area (Å²) in [7, 11) is 1.61. The number of amides is 1. The molecule has 0 bridgehead atoms. The van der Waals surface area contributed by atoms with Crippen molar-refractivity contribution >= 4 is 11.6 Å². The average Bonchev–Trinajstić information content (AvgIpc) is 3.30. The molecule has 0 unspecified atom stereocenters. The summed E-state index contributed by atoms with van der Waals surface area (Å²) in [5.74, 6) is 2.76. The molecule has 0 atom stereocenters. The van der Waals surface area contributed by atoms with E-state index in [2.05, 4.69) is 20.6 Å². The molecule has 34 heavy (non-hydrogen) atoms. The highest BCUT2D eigenvalue weighted by Crippen LogP contribution is 2.23. The maximum absolute atomic E-state index is 12.0. The van der Waals surface area contributed by atoms with Crippen LogP contribution in [0.15, 0.2) is 60.7 Å². The van der Waals surface area contributed by atoms with Gasteiger partial charge in [-0.3, -0.25) is 4.79 Å². The van der Waals surface area contributed by atoms with Crippen molar-refractivity contribution in [1.82, 2.24) is 25.1 Å². The Labute approximate surface area is 196 Å². The van der Waals surface area contributed by atoms with Crippen LogP contribution in [-0.2, 0) is 4.79 Å². The monoisotopic (exact) mass is 463 g/mol. The number of hydrogen-bond donors (Lipinski definition) is 1. The van der Waals surface area contributed by atoms with E-state index < -0.39 is 0 Å². The van der Waals surface area contributed by atoms with Crippen molar-refractivity contribution in [1.29, 1.82) is 0 Å². The van der Waals surface area contributed by atoms with Crippen LogP contribution in [0.1, 0.15) is 6.92 Å². The fourth-order valence-electron chi connectivity index (χ4n) is 3.14. The van der Waals surface area contributed by atoms with Crippen LogP contribution in [0.25, 0.3) is 17.0 Å². The van der Waals surface area contributed by atoms with Crippen molar-refractivity contribution in [3.05, 3.63) is 60.7 Å². The fourth-order valence-corrected chi connectivity index (χ4v) is 3.14. The van der Waals surface area contributed by atoms with Crippen molar-refractivity contribution in [2.45, 2.75) is 6.92 Å². The average molecular weight is 463 g/mol. The summed E-state index contributed by atoms with van der Waals surface area (Å²) in [6, 6.07) is 18.1. The lowest BCUT2D eigenvalue weighted by molar-refractivity contribution is -0.123. The molecule has 1 N–H and O–H groups in total. The van der Waals surface area contributed by atoms with Gasteiger partial charge in [-0.15, -0.1) is 15.3 Å². The van der Waals surface area contributed by atoms with Gasteiger partial charge in [0.15, 0.2) is 18.1 Å². The van der Waals surface area contributed by atoms with Gasteiger partial charge in [0.2, 0.25) is 5.88 Å². The van der Waals surface area contributed by atoms with Crippen LogP contribution in [0.4, 0.5) is 0 Å². The summed E-state index contributed by atoms with van der Waals surface area (Å²) < 4.78 is 23.4. The number of fused-ring (bicyclic) bond motifs is 1. The van der Waals surface area contributed by atoms with Gasteiger partial charge in [-0.1, -0.05) is 12.1 Å². The van der Waals surface area contributed by atoms with E-state index >= 15 is 0 Å². The van der Waals surface area contributed by atoms with E-state index in [4.69, 9.17) is 18.9 Å². The molecule has 2 aromatic heterocycles. The minimum Gasteiger partial charge on any atom is -0.497 e. The number of aromatic nitrogens is 4. The van der Waals surface area contributed by atoms with E-state index in [1.807, 2.05) is 31.2 Å². The number of hydrogen-bond acceptors (Lipinski definition) is 8. The maximum atomic E-state index is 12.0. The Morgan fingerprint density at radius 1 is 0.941 bits per heavy atom. The molecule has 0 saturated heterocycles. The number of nitrogens with zero attached hydrogens (tertiary/aromatic N) is 4. The second-order valence-electron chi connectivity index (χ2n) is 7.09. The van der Waals surface area contributed by atoms with Gasteiger partial charge in [0.05, 0.1) is 20.3 Å². The van der Waals surface area contributed by atoms with Gasteiger partial charge in [0.1, 0.15) is 23.9 Å². The molecule has 2 aromatic carbocycles. The van der Waals surface area contributed by atoms with Gasteiger partial charge in [0.25, 0.3) is 5.91 Å². The summed E-state index contributed by atoms with van der Waals surface area (Å²) in [6.07, 6.45) is 0. The standard InChI is InChI=1S/C24H25N5O5/c1-3-32-18-7-9-19(10-8-18)34-16-22(30)25-13-14-33-23-12-11-21-26-27-24(29(21)28-23)17-5-4-6-20(15-17)31-2/h4-12,15H,3,13-14,16H2,1-2H3,(H,25,30). The first kappa shape index (κ1) is 22.8. The van der Waals surface area contributed by atoms with Crippen molar-refractivity contribution in [3.8, 4) is 34.5 Å². The highest BCUT2D eigenvalue weighted by atomic mass is 16.5. The molecule has 0 aliphatic rings. The topological polar surface area (TPSA) is 109 Å². The van der Waals surface area contributed by atoms with E-state index in [0.29, 0.717) is 42.0 Å². The van der Waals surface area contributed by atoms with Crippen LogP contribution in [0.5, 0.6) is 23.1 Å². The van der Waals surface area contributed by atoms with E-state index in [-0.39, 0.29) is 19.1 Å². The Bertz CT molecular complexity index is 1240. The van der Waals surface area contributed by atoms with Crippen molar-refractivity contribution in [2.75, 3.05) is 33.5 Å². The van der Waals surface area contributed by atoms with Gasteiger partial charge < -0.3 is 24.3 Å². The minimum absolute atomic E-state index is 0.0944. The fraction of sp³-hybridized carbons (Fsp3) is 0.250. The largest absolute Gasteiger partial charge is 0.497 e. The first-order chi connectivity index (χ1) is 16.7. The Morgan fingerprint density at radius 3 is 2.50 bits per heavy atom. The van der Waals surface area contributed by atoms with Gasteiger partial charge in [0, 0.05) is 11.6 Å². The lowest BCUT2D eigenvalue weighted by atomic mass is 10.2. The lowest BCUT2D eigenvalue weighted by Crippen LogP contribution is -2.32. The van der Waals surface area contributed by atoms with Crippen LogP contribution in [0.2, 0.25) is 0 Å². The summed E-state index contributed by atoms with van der Waals surface area (Å²) in [5.41, 5.74) is 1.40. The highest BCUT2D eigenvalue weighted by molar-refractivity contribution is 5.77. The van der Waals surface area contributed by atoms with Crippen molar-refractivity contribution in [3.63, 3.8) is 0 Å². The third-order valence-corrected chi connectivity index (χ3v) is 4.75. The summed E-state index contributed by atoms with van der Waals surface area (Å²) in [4.78, 5) is 12.0. The van der Waals surface area contributed by atoms with Gasteiger partial charge in [-0.25, -0.2) is 0 Å². The summed E-state index contributed by atoms with van der Waals surface area (Å²) in [5, 5.41) is 15.6. The number of carbonyl (C=O) groups excluding carboxylic acids is 1. The third kappa shape index (κ3) is 5.71. The SMILES string of the molecule is CCOc1ccc(OCC(=O)NCCOc2ccc3nnc(-c4cccc(OC)c4)n3n2)cc1. The molecule has 4 rings (SSSR count). The molecular weight excluding hydrogens is 438 g/mol. The quantitative estimate of drug-likeness (QED) is 0.338. The van der Waals surface area contributed by atoms with Crippen LogP contribution in [0.3, 0.4) is 0 Å². The molecule has 4 aromatic rings. The molecular formula is C24H25N5O5. The van der Waals surface area contributed by atoms with Gasteiger partial charge in [-0.2, -0.15) is 4.52 Å². The molecule has 176 valence electrons.